The molecule has 0 radical (unpaired) electrons. The fraction of sp³-hybridized carbons (Fsp3) is 0.450. The van der Waals surface area contributed by atoms with Gasteiger partial charge in [0.15, 0.2) is 5.78 Å². The Kier molecular flexibility index (Phi) is 5.63. The Morgan fingerprint density at radius 1 is 1.28 bits per heavy atom. The van der Waals surface area contributed by atoms with E-state index < -0.39 is 0 Å². The van der Waals surface area contributed by atoms with Crippen molar-refractivity contribution in [3.8, 4) is 10.6 Å². The van der Waals surface area contributed by atoms with Crippen molar-refractivity contribution in [3.63, 3.8) is 0 Å². The van der Waals surface area contributed by atoms with Gasteiger partial charge in [-0.05, 0) is 32.6 Å². The van der Waals surface area contributed by atoms with E-state index in [1.54, 1.807) is 6.92 Å². The second-order valence-electron chi connectivity index (χ2n) is 6.58. The van der Waals surface area contributed by atoms with Gasteiger partial charge in [0.1, 0.15) is 10.7 Å². The SMILES string of the molecule is CCCC1CCCCN1C(=O)c1csc(-c2ccccc2C(C)=O)n1. The fourth-order valence-corrected chi connectivity index (χ4v) is 4.35. The Hall–Kier alpha value is -2.01. The lowest BCUT2D eigenvalue weighted by atomic mass is 9.98. The predicted molar refractivity (Wildman–Crippen MR) is 101 cm³/mol. The predicted octanol–water partition coefficient (Wildman–Crippen LogP) is 4.81. The molecule has 132 valence electrons. The van der Waals surface area contributed by atoms with Gasteiger partial charge in [0.25, 0.3) is 5.91 Å². The maximum atomic E-state index is 13.0. The molecular formula is C20H24N2O2S. The molecule has 3 rings (SSSR count). The van der Waals surface area contributed by atoms with Gasteiger partial charge in [-0.2, -0.15) is 0 Å². The number of Topliss-reactive ketones (excluding diaryl/α,β-unsaturated/α-hetero) is 1. The van der Waals surface area contributed by atoms with Crippen LogP contribution in [0.4, 0.5) is 0 Å². The van der Waals surface area contributed by atoms with Gasteiger partial charge in [0, 0.05) is 29.1 Å². The van der Waals surface area contributed by atoms with Crippen LogP contribution in [-0.4, -0.2) is 34.2 Å². The molecule has 0 bridgehead atoms. The summed E-state index contributed by atoms with van der Waals surface area (Å²) in [6, 6.07) is 7.78. The van der Waals surface area contributed by atoms with Crippen LogP contribution in [0.1, 0.15) is 66.8 Å². The Morgan fingerprint density at radius 3 is 2.84 bits per heavy atom. The molecule has 5 heteroatoms. The lowest BCUT2D eigenvalue weighted by molar-refractivity contribution is 0.0595. The van der Waals surface area contributed by atoms with Crippen molar-refractivity contribution in [2.45, 2.75) is 52.0 Å². The normalized spacial score (nSPS) is 17.5. The minimum atomic E-state index is 0.0118. The van der Waals surface area contributed by atoms with Crippen molar-refractivity contribution in [1.82, 2.24) is 9.88 Å². The van der Waals surface area contributed by atoms with E-state index in [1.165, 1.54) is 17.8 Å². The number of aromatic nitrogens is 1. The zero-order chi connectivity index (χ0) is 17.8. The summed E-state index contributed by atoms with van der Waals surface area (Å²) < 4.78 is 0. The van der Waals surface area contributed by atoms with Gasteiger partial charge in [0.05, 0.1) is 0 Å². The number of amides is 1. The lowest BCUT2D eigenvalue weighted by Crippen LogP contribution is -2.43. The van der Waals surface area contributed by atoms with Gasteiger partial charge in [-0.15, -0.1) is 11.3 Å². The lowest BCUT2D eigenvalue weighted by Gasteiger charge is -2.35. The second-order valence-corrected chi connectivity index (χ2v) is 7.43. The molecule has 1 aromatic heterocycles. The third-order valence-electron chi connectivity index (χ3n) is 4.77. The molecule has 1 amide bonds. The van der Waals surface area contributed by atoms with Crippen molar-refractivity contribution in [3.05, 3.63) is 40.9 Å². The van der Waals surface area contributed by atoms with Gasteiger partial charge in [-0.1, -0.05) is 37.6 Å². The number of hydrogen-bond donors (Lipinski definition) is 0. The Labute approximate surface area is 152 Å². The summed E-state index contributed by atoms with van der Waals surface area (Å²) in [6.07, 6.45) is 5.49. The van der Waals surface area contributed by atoms with E-state index in [9.17, 15) is 9.59 Å². The Balaban J connectivity index is 1.86. The number of carbonyl (C=O) groups is 2. The van der Waals surface area contributed by atoms with Crippen molar-refractivity contribution in [2.75, 3.05) is 6.54 Å². The molecule has 1 fully saturated rings. The maximum absolute atomic E-state index is 13.0. The molecule has 1 atom stereocenters. The van der Waals surface area contributed by atoms with E-state index >= 15 is 0 Å². The standard InChI is InChI=1S/C20H24N2O2S/c1-3-8-15-9-6-7-12-22(15)20(24)18-13-25-19(21-18)17-11-5-4-10-16(17)14(2)23/h4-5,10-11,13,15H,3,6-9,12H2,1-2H3. The second kappa shape index (κ2) is 7.91. The summed E-state index contributed by atoms with van der Waals surface area (Å²) >= 11 is 1.43. The Morgan fingerprint density at radius 2 is 2.08 bits per heavy atom. The van der Waals surface area contributed by atoms with Crippen molar-refractivity contribution in [2.24, 2.45) is 0 Å². The number of nitrogens with zero attached hydrogens (tertiary/aromatic N) is 2. The van der Waals surface area contributed by atoms with Crippen LogP contribution < -0.4 is 0 Å². The molecule has 0 saturated carbocycles. The number of ketones is 1. The molecule has 0 N–H and O–H groups in total. The average Bonchev–Trinajstić information content (AvgIpc) is 3.12. The summed E-state index contributed by atoms with van der Waals surface area (Å²) in [7, 11) is 0. The minimum Gasteiger partial charge on any atom is -0.334 e. The van der Waals surface area contributed by atoms with E-state index in [2.05, 4.69) is 11.9 Å². The van der Waals surface area contributed by atoms with Gasteiger partial charge in [-0.25, -0.2) is 4.98 Å². The third-order valence-corrected chi connectivity index (χ3v) is 5.65. The molecule has 1 saturated heterocycles. The van der Waals surface area contributed by atoms with Crippen LogP contribution in [0.15, 0.2) is 29.6 Å². The number of piperidine rings is 1. The molecule has 1 unspecified atom stereocenters. The molecule has 2 heterocycles. The van der Waals surface area contributed by atoms with Crippen LogP contribution >= 0.6 is 11.3 Å². The van der Waals surface area contributed by atoms with Crippen LogP contribution in [0, 0.1) is 0 Å². The van der Waals surface area contributed by atoms with Gasteiger partial charge in [0.2, 0.25) is 0 Å². The smallest absolute Gasteiger partial charge is 0.273 e. The van der Waals surface area contributed by atoms with Gasteiger partial charge in [-0.3, -0.25) is 9.59 Å². The molecule has 1 aliphatic rings. The summed E-state index contributed by atoms with van der Waals surface area (Å²) in [5.74, 6) is 0.0404. The number of likely N-dealkylation sites (tertiary alicyclic amines) is 1. The van der Waals surface area contributed by atoms with Crippen molar-refractivity contribution >= 4 is 23.0 Å². The molecule has 2 aromatic rings. The summed E-state index contributed by atoms with van der Waals surface area (Å²) in [5, 5.41) is 2.56. The van der Waals surface area contributed by atoms with Crippen molar-refractivity contribution in [1.29, 1.82) is 0 Å². The van der Waals surface area contributed by atoms with Crippen molar-refractivity contribution < 1.29 is 9.59 Å². The molecule has 4 nitrogen and oxygen atoms in total. The first kappa shape index (κ1) is 17.8. The number of hydrogen-bond acceptors (Lipinski definition) is 4. The van der Waals surface area contributed by atoms with Gasteiger partial charge < -0.3 is 4.90 Å². The molecule has 25 heavy (non-hydrogen) atoms. The third kappa shape index (κ3) is 3.82. The molecule has 1 aliphatic heterocycles. The first-order valence-electron chi connectivity index (χ1n) is 8.98. The largest absolute Gasteiger partial charge is 0.334 e. The highest BCUT2D eigenvalue weighted by molar-refractivity contribution is 7.13. The number of benzene rings is 1. The summed E-state index contributed by atoms with van der Waals surface area (Å²) in [6.45, 7) is 4.54. The number of carbonyl (C=O) groups excluding carboxylic acids is 2. The summed E-state index contributed by atoms with van der Waals surface area (Å²) in [4.78, 5) is 31.4. The number of thiazole rings is 1. The highest BCUT2D eigenvalue weighted by Gasteiger charge is 2.28. The average molecular weight is 356 g/mol. The fourth-order valence-electron chi connectivity index (χ4n) is 3.52. The van der Waals surface area contributed by atoms with Crippen LogP contribution in [0.3, 0.4) is 0 Å². The highest BCUT2D eigenvalue weighted by Crippen LogP contribution is 2.29. The molecule has 0 spiro atoms. The van der Waals surface area contributed by atoms with E-state index in [0.29, 0.717) is 17.3 Å². The summed E-state index contributed by atoms with van der Waals surface area (Å²) in [5.41, 5.74) is 1.96. The highest BCUT2D eigenvalue weighted by atomic mass is 32.1. The van der Waals surface area contributed by atoms with Crippen LogP contribution in [0.5, 0.6) is 0 Å². The molecule has 1 aromatic carbocycles. The van der Waals surface area contributed by atoms with Crippen LogP contribution in [0.25, 0.3) is 10.6 Å². The van der Waals surface area contributed by atoms with Crippen LogP contribution in [0.2, 0.25) is 0 Å². The molecule has 0 aliphatic carbocycles. The van der Waals surface area contributed by atoms with E-state index in [0.717, 1.165) is 42.8 Å². The van der Waals surface area contributed by atoms with E-state index in [4.69, 9.17) is 0 Å². The Bertz CT molecular complexity index is 767. The zero-order valence-electron chi connectivity index (χ0n) is 14.8. The first-order chi connectivity index (χ1) is 12.1. The molecular weight excluding hydrogens is 332 g/mol. The van der Waals surface area contributed by atoms with Gasteiger partial charge >= 0.3 is 0 Å². The first-order valence-corrected chi connectivity index (χ1v) is 9.86. The van der Waals surface area contributed by atoms with E-state index in [1.807, 2.05) is 34.5 Å². The van der Waals surface area contributed by atoms with E-state index in [-0.39, 0.29) is 11.7 Å². The monoisotopic (exact) mass is 356 g/mol. The zero-order valence-corrected chi connectivity index (χ0v) is 15.6. The maximum Gasteiger partial charge on any atom is 0.273 e. The number of rotatable bonds is 5. The quantitative estimate of drug-likeness (QED) is 0.723. The topological polar surface area (TPSA) is 50.3 Å². The minimum absolute atomic E-state index is 0.0118. The van der Waals surface area contributed by atoms with Crippen LogP contribution in [-0.2, 0) is 0 Å².